The van der Waals surface area contributed by atoms with Crippen molar-refractivity contribution < 1.29 is 9.53 Å². The van der Waals surface area contributed by atoms with Crippen molar-refractivity contribution >= 4 is 33.5 Å². The van der Waals surface area contributed by atoms with Crippen molar-refractivity contribution in [3.8, 4) is 6.07 Å². The highest BCUT2D eigenvalue weighted by Crippen LogP contribution is 2.28. The summed E-state index contributed by atoms with van der Waals surface area (Å²) in [5.41, 5.74) is 1.06. The fourth-order valence-corrected chi connectivity index (χ4v) is 1.87. The molecule has 1 aromatic carbocycles. The summed E-state index contributed by atoms with van der Waals surface area (Å²) >= 11 is 9.16. The highest BCUT2D eigenvalue weighted by molar-refractivity contribution is 9.10. The van der Waals surface area contributed by atoms with Crippen molar-refractivity contribution in [1.82, 2.24) is 0 Å². The number of hydrogen-bond acceptors (Lipinski definition) is 3. The highest BCUT2D eigenvalue weighted by atomic mass is 79.9. The van der Waals surface area contributed by atoms with Gasteiger partial charge in [-0.05, 0) is 28.1 Å². The van der Waals surface area contributed by atoms with Gasteiger partial charge in [0.15, 0.2) is 0 Å². The van der Waals surface area contributed by atoms with E-state index in [0.717, 1.165) is 0 Å². The molecule has 15 heavy (non-hydrogen) atoms. The summed E-state index contributed by atoms with van der Waals surface area (Å²) in [6.07, 6.45) is 0. The summed E-state index contributed by atoms with van der Waals surface area (Å²) < 4.78 is 5.39. The van der Waals surface area contributed by atoms with Gasteiger partial charge in [-0.2, -0.15) is 5.26 Å². The van der Waals surface area contributed by atoms with E-state index in [0.29, 0.717) is 20.6 Å². The minimum atomic E-state index is -0.389. The normalized spacial score (nSPS) is 9.47. The number of rotatable bonds is 2. The first-order valence-corrected chi connectivity index (χ1v) is 5.23. The molecule has 0 heterocycles. The largest absolute Gasteiger partial charge is 0.461 e. The van der Waals surface area contributed by atoms with Gasteiger partial charge in [-0.1, -0.05) is 11.6 Å². The Morgan fingerprint density at radius 2 is 2.33 bits per heavy atom. The third-order valence-electron chi connectivity index (χ3n) is 1.73. The molecule has 0 fully saturated rings. The summed E-state index contributed by atoms with van der Waals surface area (Å²) in [5, 5.41) is 9.24. The predicted octanol–water partition coefficient (Wildman–Crippen LogP) is 3.04. The van der Waals surface area contributed by atoms with E-state index in [2.05, 4.69) is 15.9 Å². The van der Waals surface area contributed by atoms with Crippen LogP contribution in [0.3, 0.4) is 0 Å². The van der Waals surface area contributed by atoms with Gasteiger partial charge >= 0.3 is 5.97 Å². The third-order valence-corrected chi connectivity index (χ3v) is 2.99. The maximum Gasteiger partial charge on any atom is 0.302 e. The number of carbonyl (C=O) groups is 1. The fourth-order valence-electron chi connectivity index (χ4n) is 0.990. The van der Waals surface area contributed by atoms with Crippen molar-refractivity contribution in [2.24, 2.45) is 0 Å². The molecule has 0 aliphatic rings. The third kappa shape index (κ3) is 2.95. The Labute approximate surface area is 101 Å². The van der Waals surface area contributed by atoms with E-state index in [1.807, 2.05) is 6.07 Å². The Kier molecular flexibility index (Phi) is 4.13. The molecule has 0 aliphatic heterocycles. The van der Waals surface area contributed by atoms with Crippen molar-refractivity contribution in [1.29, 1.82) is 5.26 Å². The molecule has 0 aliphatic carbocycles. The zero-order valence-corrected chi connectivity index (χ0v) is 10.2. The van der Waals surface area contributed by atoms with Gasteiger partial charge in [-0.25, -0.2) is 0 Å². The lowest BCUT2D eigenvalue weighted by Crippen LogP contribution is -2.01. The van der Waals surface area contributed by atoms with Gasteiger partial charge in [0.05, 0.1) is 5.56 Å². The van der Waals surface area contributed by atoms with Crippen LogP contribution >= 0.6 is 27.5 Å². The molecule has 0 saturated heterocycles. The lowest BCUT2D eigenvalue weighted by atomic mass is 10.1. The number of hydrogen-bond donors (Lipinski definition) is 0. The molecule has 5 heteroatoms. The van der Waals surface area contributed by atoms with Crippen LogP contribution in [0, 0.1) is 11.3 Å². The van der Waals surface area contributed by atoms with Gasteiger partial charge in [0.2, 0.25) is 0 Å². The average Bonchev–Trinajstić information content (AvgIpc) is 2.17. The molecular weight excluding hydrogens is 281 g/mol. The second-order valence-corrected chi connectivity index (χ2v) is 3.98. The predicted molar refractivity (Wildman–Crippen MR) is 59.3 cm³/mol. The number of benzene rings is 1. The molecule has 0 saturated carbocycles. The Balaban J connectivity index is 3.05. The number of halogens is 2. The van der Waals surface area contributed by atoms with E-state index in [1.165, 1.54) is 6.92 Å². The maximum atomic E-state index is 10.6. The van der Waals surface area contributed by atoms with Crippen molar-refractivity contribution in [2.45, 2.75) is 13.5 Å². The molecule has 0 bridgehead atoms. The van der Waals surface area contributed by atoms with E-state index in [-0.39, 0.29) is 12.6 Å². The van der Waals surface area contributed by atoms with Gasteiger partial charge in [-0.3, -0.25) is 4.79 Å². The molecule has 78 valence electrons. The lowest BCUT2D eigenvalue weighted by molar-refractivity contribution is -0.142. The Bertz CT molecular complexity index is 440. The highest BCUT2D eigenvalue weighted by Gasteiger charge is 2.11. The van der Waals surface area contributed by atoms with Crippen LogP contribution in [0.2, 0.25) is 5.02 Å². The van der Waals surface area contributed by atoms with Crippen LogP contribution in [-0.4, -0.2) is 5.97 Å². The summed E-state index contributed by atoms with van der Waals surface area (Å²) in [6.45, 7) is 1.38. The van der Waals surface area contributed by atoms with Gasteiger partial charge in [0.25, 0.3) is 0 Å². The molecule has 1 rings (SSSR count). The molecule has 0 radical (unpaired) electrons. The molecule has 0 spiro atoms. The van der Waals surface area contributed by atoms with Gasteiger partial charge in [0, 0.05) is 22.0 Å². The SMILES string of the molecule is CC(=O)OCc1c(Cl)ccc(C#N)c1Br. The fraction of sp³-hybridized carbons (Fsp3) is 0.200. The van der Waals surface area contributed by atoms with E-state index in [4.69, 9.17) is 21.6 Å². The van der Waals surface area contributed by atoms with Crippen molar-refractivity contribution in [3.63, 3.8) is 0 Å². The molecule has 0 unspecified atom stereocenters. The summed E-state index contributed by atoms with van der Waals surface area (Å²) in [7, 11) is 0. The molecule has 0 N–H and O–H groups in total. The quantitative estimate of drug-likeness (QED) is 0.786. The molecular formula is C10H7BrClNO2. The number of ether oxygens (including phenoxy) is 1. The van der Waals surface area contributed by atoms with Crippen LogP contribution in [0.1, 0.15) is 18.1 Å². The van der Waals surface area contributed by atoms with Gasteiger partial charge in [0.1, 0.15) is 12.7 Å². The lowest BCUT2D eigenvalue weighted by Gasteiger charge is -2.08. The van der Waals surface area contributed by atoms with Crippen LogP contribution < -0.4 is 0 Å². The summed E-state index contributed by atoms with van der Waals surface area (Å²) in [4.78, 5) is 10.6. The van der Waals surface area contributed by atoms with Crippen molar-refractivity contribution in [3.05, 3.63) is 32.8 Å². The van der Waals surface area contributed by atoms with Crippen LogP contribution in [0.4, 0.5) is 0 Å². The van der Waals surface area contributed by atoms with Crippen molar-refractivity contribution in [2.75, 3.05) is 0 Å². The first-order chi connectivity index (χ1) is 7.06. The van der Waals surface area contributed by atoms with Gasteiger partial charge in [-0.15, -0.1) is 0 Å². The maximum absolute atomic E-state index is 10.6. The monoisotopic (exact) mass is 287 g/mol. The molecule has 0 aromatic heterocycles. The van der Waals surface area contributed by atoms with Gasteiger partial charge < -0.3 is 4.74 Å². The Morgan fingerprint density at radius 1 is 1.67 bits per heavy atom. The van der Waals surface area contributed by atoms with E-state index in [9.17, 15) is 4.79 Å². The molecule has 0 atom stereocenters. The molecule has 3 nitrogen and oxygen atoms in total. The zero-order valence-electron chi connectivity index (χ0n) is 7.88. The second kappa shape index (κ2) is 5.15. The Morgan fingerprint density at radius 3 is 2.87 bits per heavy atom. The molecule has 0 amide bonds. The minimum absolute atomic E-state index is 0.0598. The standard InChI is InChI=1S/C10H7BrClNO2/c1-6(14)15-5-8-9(12)3-2-7(4-13)10(8)11/h2-3H,5H2,1H3. The topological polar surface area (TPSA) is 50.1 Å². The zero-order chi connectivity index (χ0) is 11.4. The summed E-state index contributed by atoms with van der Waals surface area (Å²) in [6, 6.07) is 5.21. The number of esters is 1. The minimum Gasteiger partial charge on any atom is -0.461 e. The van der Waals surface area contributed by atoms with Crippen LogP contribution in [0.25, 0.3) is 0 Å². The second-order valence-electron chi connectivity index (χ2n) is 2.78. The smallest absolute Gasteiger partial charge is 0.302 e. The van der Waals surface area contributed by atoms with E-state index in [1.54, 1.807) is 12.1 Å². The van der Waals surface area contributed by atoms with Crippen LogP contribution in [-0.2, 0) is 16.1 Å². The molecule has 1 aromatic rings. The van der Waals surface area contributed by atoms with Crippen LogP contribution in [0.5, 0.6) is 0 Å². The first kappa shape index (κ1) is 12.0. The number of nitrogens with zero attached hydrogens (tertiary/aromatic N) is 1. The van der Waals surface area contributed by atoms with Crippen LogP contribution in [0.15, 0.2) is 16.6 Å². The van der Waals surface area contributed by atoms with E-state index < -0.39 is 0 Å². The summed E-state index contributed by atoms with van der Waals surface area (Å²) in [5.74, 6) is -0.389. The average molecular weight is 289 g/mol. The number of carbonyl (C=O) groups excluding carboxylic acids is 1. The number of nitriles is 1. The van der Waals surface area contributed by atoms with E-state index >= 15 is 0 Å². The first-order valence-electron chi connectivity index (χ1n) is 4.06. The Hall–Kier alpha value is -1.05.